The summed E-state index contributed by atoms with van der Waals surface area (Å²) in [6.45, 7) is 1.69. The van der Waals surface area contributed by atoms with Crippen LogP contribution in [-0.2, 0) is 29.1 Å². The van der Waals surface area contributed by atoms with Crippen molar-refractivity contribution in [3.63, 3.8) is 0 Å². The molecule has 1 unspecified atom stereocenters. The number of aryl methyl sites for hydroxylation is 1. The van der Waals surface area contributed by atoms with E-state index in [0.29, 0.717) is 17.0 Å². The van der Waals surface area contributed by atoms with E-state index in [9.17, 15) is 19.5 Å². The van der Waals surface area contributed by atoms with E-state index in [1.54, 1.807) is 44.4 Å². The second-order valence-corrected chi connectivity index (χ2v) is 8.71. The van der Waals surface area contributed by atoms with Gasteiger partial charge in [0.25, 0.3) is 5.91 Å². The van der Waals surface area contributed by atoms with Crippen LogP contribution in [0.4, 0.5) is 0 Å². The van der Waals surface area contributed by atoms with Crippen LogP contribution in [0.3, 0.4) is 0 Å². The van der Waals surface area contributed by atoms with Crippen LogP contribution in [0.5, 0.6) is 5.75 Å². The summed E-state index contributed by atoms with van der Waals surface area (Å²) >= 11 is 0. The van der Waals surface area contributed by atoms with Crippen molar-refractivity contribution in [1.82, 2.24) is 35.8 Å². The van der Waals surface area contributed by atoms with Crippen LogP contribution in [-0.4, -0.2) is 61.2 Å². The van der Waals surface area contributed by atoms with Crippen molar-refractivity contribution in [3.05, 3.63) is 89.2 Å². The van der Waals surface area contributed by atoms with Gasteiger partial charge in [0.15, 0.2) is 0 Å². The Hall–Kier alpha value is -5.13. The number of carboxylic acids is 1. The van der Waals surface area contributed by atoms with Gasteiger partial charge in [-0.2, -0.15) is 4.80 Å². The molecule has 39 heavy (non-hydrogen) atoms. The third kappa shape index (κ3) is 7.44. The van der Waals surface area contributed by atoms with Crippen molar-refractivity contribution in [2.24, 2.45) is 0 Å². The van der Waals surface area contributed by atoms with Crippen LogP contribution in [0.1, 0.15) is 27.3 Å². The fourth-order valence-electron chi connectivity index (χ4n) is 3.81. The number of aromatic nitrogens is 5. The van der Waals surface area contributed by atoms with E-state index >= 15 is 0 Å². The summed E-state index contributed by atoms with van der Waals surface area (Å²) in [6, 6.07) is 18.5. The van der Waals surface area contributed by atoms with Gasteiger partial charge in [-0.05, 0) is 47.5 Å². The molecule has 0 aliphatic heterocycles. The first-order chi connectivity index (χ1) is 18.8. The van der Waals surface area contributed by atoms with E-state index in [1.807, 2.05) is 30.3 Å². The standard InChI is InChI=1S/C27H27N7O5/c1-17-11-20(14-22(29-17)26(36)28-15-19-9-6-10-21(12-19)39-2)25-31-33-34(32-25)16-24(35)30-23(27(37)38)13-18-7-4-3-5-8-18/h3-12,14,23H,13,15-16H2,1-2H3,(H,28,36)(H,30,35)(H,37,38). The van der Waals surface area contributed by atoms with Gasteiger partial charge in [-0.1, -0.05) is 42.5 Å². The van der Waals surface area contributed by atoms with Crippen LogP contribution in [0.2, 0.25) is 0 Å². The molecule has 2 amide bonds. The lowest BCUT2D eigenvalue weighted by Crippen LogP contribution is -2.43. The topological polar surface area (TPSA) is 161 Å². The summed E-state index contributed by atoms with van der Waals surface area (Å²) < 4.78 is 5.21. The van der Waals surface area contributed by atoms with Crippen molar-refractivity contribution in [2.45, 2.75) is 32.5 Å². The predicted octanol–water partition coefficient (Wildman–Crippen LogP) is 1.79. The molecule has 2 aromatic heterocycles. The highest BCUT2D eigenvalue weighted by atomic mass is 16.5. The maximum Gasteiger partial charge on any atom is 0.326 e. The number of ether oxygens (including phenoxy) is 1. The number of pyridine rings is 1. The Kier molecular flexibility index (Phi) is 8.57. The number of carbonyl (C=O) groups excluding carboxylic acids is 2. The molecule has 200 valence electrons. The molecule has 12 nitrogen and oxygen atoms in total. The number of nitrogens with zero attached hydrogens (tertiary/aromatic N) is 5. The normalized spacial score (nSPS) is 11.4. The molecule has 0 bridgehead atoms. The molecule has 0 spiro atoms. The van der Waals surface area contributed by atoms with Crippen molar-refractivity contribution >= 4 is 17.8 Å². The maximum atomic E-state index is 12.8. The Morgan fingerprint density at radius 1 is 1.03 bits per heavy atom. The fourth-order valence-corrected chi connectivity index (χ4v) is 3.81. The zero-order chi connectivity index (χ0) is 27.8. The molecule has 0 radical (unpaired) electrons. The Morgan fingerprint density at radius 2 is 1.79 bits per heavy atom. The Morgan fingerprint density at radius 3 is 2.54 bits per heavy atom. The van der Waals surface area contributed by atoms with E-state index in [4.69, 9.17) is 4.74 Å². The molecule has 2 heterocycles. The highest BCUT2D eigenvalue weighted by Gasteiger charge is 2.21. The number of carboxylic acid groups (broad SMARTS) is 1. The van der Waals surface area contributed by atoms with Gasteiger partial charge in [-0.15, -0.1) is 10.2 Å². The minimum atomic E-state index is -1.15. The third-order valence-electron chi connectivity index (χ3n) is 5.69. The number of carbonyl (C=O) groups is 3. The second-order valence-electron chi connectivity index (χ2n) is 8.71. The summed E-state index contributed by atoms with van der Waals surface area (Å²) in [7, 11) is 1.57. The molecule has 4 aromatic rings. The first kappa shape index (κ1) is 26.9. The molecule has 0 saturated heterocycles. The average molecular weight is 530 g/mol. The average Bonchev–Trinajstić information content (AvgIpc) is 3.40. The van der Waals surface area contributed by atoms with Crippen LogP contribution in [0.15, 0.2) is 66.7 Å². The largest absolute Gasteiger partial charge is 0.497 e. The molecule has 2 aromatic carbocycles. The fraction of sp³-hybridized carbons (Fsp3) is 0.222. The number of hydrogen-bond donors (Lipinski definition) is 3. The maximum absolute atomic E-state index is 12.8. The monoisotopic (exact) mass is 529 g/mol. The van der Waals surface area contributed by atoms with Gasteiger partial charge >= 0.3 is 5.97 Å². The zero-order valence-electron chi connectivity index (χ0n) is 21.4. The summed E-state index contributed by atoms with van der Waals surface area (Å²) in [6.07, 6.45) is 0.136. The lowest BCUT2D eigenvalue weighted by molar-refractivity contribution is -0.141. The summed E-state index contributed by atoms with van der Waals surface area (Å²) in [5.41, 5.74) is 2.88. The van der Waals surface area contributed by atoms with Crippen molar-refractivity contribution < 1.29 is 24.2 Å². The first-order valence-corrected chi connectivity index (χ1v) is 12.0. The first-order valence-electron chi connectivity index (χ1n) is 12.0. The van der Waals surface area contributed by atoms with Gasteiger partial charge in [0.1, 0.15) is 24.0 Å². The highest BCUT2D eigenvalue weighted by molar-refractivity contribution is 5.93. The quantitative estimate of drug-likeness (QED) is 0.263. The molecular formula is C27H27N7O5. The molecule has 1 atom stereocenters. The highest BCUT2D eigenvalue weighted by Crippen LogP contribution is 2.17. The van der Waals surface area contributed by atoms with Crippen molar-refractivity contribution in [1.29, 1.82) is 0 Å². The molecule has 12 heteroatoms. The molecule has 0 fully saturated rings. The van der Waals surface area contributed by atoms with Gasteiger partial charge in [0.05, 0.1) is 7.11 Å². The van der Waals surface area contributed by atoms with Gasteiger partial charge in [0, 0.05) is 24.2 Å². The lowest BCUT2D eigenvalue weighted by Gasteiger charge is -2.14. The van der Waals surface area contributed by atoms with E-state index in [-0.39, 0.29) is 36.9 Å². The van der Waals surface area contributed by atoms with E-state index < -0.39 is 17.9 Å². The van der Waals surface area contributed by atoms with Gasteiger partial charge in [0.2, 0.25) is 11.7 Å². The van der Waals surface area contributed by atoms with Gasteiger partial charge in [-0.25, -0.2) is 9.78 Å². The van der Waals surface area contributed by atoms with Crippen LogP contribution < -0.4 is 15.4 Å². The third-order valence-corrected chi connectivity index (χ3v) is 5.69. The van der Waals surface area contributed by atoms with E-state index in [0.717, 1.165) is 15.9 Å². The SMILES string of the molecule is COc1cccc(CNC(=O)c2cc(-c3nnn(CC(=O)NC(Cc4ccccc4)C(=O)O)n3)cc(C)n2)c1. The second kappa shape index (κ2) is 12.4. The number of methoxy groups -OCH3 is 1. The Balaban J connectivity index is 1.40. The number of tetrazole rings is 1. The Bertz CT molecular complexity index is 1470. The predicted molar refractivity (Wildman–Crippen MR) is 140 cm³/mol. The summed E-state index contributed by atoms with van der Waals surface area (Å²) in [5.74, 6) is -1.23. The molecule has 0 aliphatic carbocycles. The number of benzene rings is 2. The number of rotatable bonds is 11. The van der Waals surface area contributed by atoms with Crippen molar-refractivity contribution in [2.75, 3.05) is 7.11 Å². The molecular weight excluding hydrogens is 502 g/mol. The van der Waals surface area contributed by atoms with E-state index in [1.165, 1.54) is 6.07 Å². The van der Waals surface area contributed by atoms with Crippen LogP contribution in [0.25, 0.3) is 11.4 Å². The van der Waals surface area contributed by atoms with E-state index in [2.05, 4.69) is 31.0 Å². The molecule has 0 aliphatic rings. The number of amides is 2. The lowest BCUT2D eigenvalue weighted by atomic mass is 10.1. The summed E-state index contributed by atoms with van der Waals surface area (Å²) in [5, 5.41) is 26.9. The van der Waals surface area contributed by atoms with Crippen LogP contribution in [0, 0.1) is 6.92 Å². The number of aliphatic carboxylic acids is 1. The van der Waals surface area contributed by atoms with Gasteiger partial charge < -0.3 is 20.5 Å². The molecule has 4 rings (SSSR count). The minimum Gasteiger partial charge on any atom is -0.497 e. The van der Waals surface area contributed by atoms with Crippen LogP contribution >= 0.6 is 0 Å². The zero-order valence-corrected chi connectivity index (χ0v) is 21.4. The molecule has 0 saturated carbocycles. The van der Waals surface area contributed by atoms with Crippen molar-refractivity contribution in [3.8, 4) is 17.1 Å². The molecule has 3 N–H and O–H groups in total. The summed E-state index contributed by atoms with van der Waals surface area (Å²) in [4.78, 5) is 42.3. The number of hydrogen-bond acceptors (Lipinski definition) is 8. The minimum absolute atomic E-state index is 0.136. The number of nitrogens with one attached hydrogen (secondary N) is 2. The Labute approximate surface area is 224 Å². The van der Waals surface area contributed by atoms with Gasteiger partial charge in [-0.3, -0.25) is 9.59 Å². The smallest absolute Gasteiger partial charge is 0.326 e.